The zero-order valence-corrected chi connectivity index (χ0v) is 14.2. The molecular formula is C17H26N2OS. The normalized spacial score (nSPS) is 15.3. The van der Waals surface area contributed by atoms with Crippen molar-refractivity contribution in [1.82, 2.24) is 10.3 Å². The molecule has 2 unspecified atom stereocenters. The summed E-state index contributed by atoms with van der Waals surface area (Å²) in [5, 5.41) is 14.3. The number of para-hydroxylation sites is 1. The van der Waals surface area contributed by atoms with E-state index < -0.39 is 0 Å². The van der Waals surface area contributed by atoms with Gasteiger partial charge in [0, 0.05) is 19.0 Å². The van der Waals surface area contributed by atoms with Crippen molar-refractivity contribution in [2.75, 3.05) is 6.54 Å². The Hall–Kier alpha value is -0.970. The summed E-state index contributed by atoms with van der Waals surface area (Å²) in [6.07, 6.45) is 1.51. The van der Waals surface area contributed by atoms with Gasteiger partial charge in [0.2, 0.25) is 0 Å². The standard InChI is InChI=1S/C17H26N2OS/c1-12(18-11-17(3,4)10-13(2)20)9-16-19-14-7-5-6-8-15(14)21-16/h5-8,12-13,18,20H,9-11H2,1-4H3. The first-order valence-corrected chi connectivity index (χ1v) is 8.43. The Morgan fingerprint density at radius 2 is 2.00 bits per heavy atom. The second-order valence-corrected chi connectivity index (χ2v) is 7.89. The summed E-state index contributed by atoms with van der Waals surface area (Å²) in [5.41, 5.74) is 1.20. The highest BCUT2D eigenvalue weighted by atomic mass is 32.1. The third kappa shape index (κ3) is 5.06. The summed E-state index contributed by atoms with van der Waals surface area (Å²) in [6, 6.07) is 8.68. The maximum atomic E-state index is 9.53. The van der Waals surface area contributed by atoms with Crippen LogP contribution in [0.15, 0.2) is 24.3 Å². The number of aliphatic hydroxyl groups excluding tert-OH is 1. The Morgan fingerprint density at radius 1 is 1.29 bits per heavy atom. The van der Waals surface area contributed by atoms with Crippen LogP contribution in [-0.2, 0) is 6.42 Å². The lowest BCUT2D eigenvalue weighted by Gasteiger charge is -2.28. The van der Waals surface area contributed by atoms with Crippen molar-refractivity contribution < 1.29 is 5.11 Å². The van der Waals surface area contributed by atoms with Crippen molar-refractivity contribution in [3.63, 3.8) is 0 Å². The van der Waals surface area contributed by atoms with E-state index in [1.807, 2.05) is 13.0 Å². The van der Waals surface area contributed by atoms with Crippen molar-refractivity contribution in [3.05, 3.63) is 29.3 Å². The lowest BCUT2D eigenvalue weighted by molar-refractivity contribution is 0.126. The van der Waals surface area contributed by atoms with Crippen LogP contribution in [0.1, 0.15) is 39.1 Å². The van der Waals surface area contributed by atoms with E-state index in [0.29, 0.717) is 6.04 Å². The van der Waals surface area contributed by atoms with E-state index >= 15 is 0 Å². The number of aliphatic hydroxyl groups is 1. The van der Waals surface area contributed by atoms with Crippen molar-refractivity contribution in [2.45, 2.75) is 52.7 Å². The molecule has 3 nitrogen and oxygen atoms in total. The molecule has 0 spiro atoms. The summed E-state index contributed by atoms with van der Waals surface area (Å²) in [6.45, 7) is 9.34. The minimum absolute atomic E-state index is 0.107. The molecule has 1 aromatic carbocycles. The van der Waals surface area contributed by atoms with Gasteiger partial charge in [0.15, 0.2) is 0 Å². The molecule has 1 heterocycles. The molecule has 0 saturated carbocycles. The molecule has 2 atom stereocenters. The van der Waals surface area contributed by atoms with Gasteiger partial charge in [-0.05, 0) is 37.8 Å². The van der Waals surface area contributed by atoms with Gasteiger partial charge in [0.25, 0.3) is 0 Å². The molecule has 2 aromatic rings. The number of nitrogens with zero attached hydrogens (tertiary/aromatic N) is 1. The van der Waals surface area contributed by atoms with Crippen LogP contribution in [0, 0.1) is 5.41 Å². The first-order valence-electron chi connectivity index (χ1n) is 7.62. The van der Waals surface area contributed by atoms with E-state index in [0.717, 1.165) is 24.9 Å². The summed E-state index contributed by atoms with van der Waals surface area (Å²) >= 11 is 1.78. The predicted molar refractivity (Wildman–Crippen MR) is 90.9 cm³/mol. The molecule has 2 rings (SSSR count). The van der Waals surface area contributed by atoms with E-state index in [-0.39, 0.29) is 11.5 Å². The molecule has 0 saturated heterocycles. The summed E-state index contributed by atoms with van der Waals surface area (Å²) in [4.78, 5) is 4.68. The highest BCUT2D eigenvalue weighted by Crippen LogP contribution is 2.24. The summed E-state index contributed by atoms with van der Waals surface area (Å²) < 4.78 is 1.26. The molecule has 21 heavy (non-hydrogen) atoms. The zero-order chi connectivity index (χ0) is 15.5. The van der Waals surface area contributed by atoms with Crippen molar-refractivity contribution >= 4 is 21.6 Å². The van der Waals surface area contributed by atoms with Gasteiger partial charge in [-0.1, -0.05) is 26.0 Å². The van der Waals surface area contributed by atoms with Crippen LogP contribution in [-0.4, -0.2) is 28.8 Å². The molecule has 1 aromatic heterocycles. The topological polar surface area (TPSA) is 45.1 Å². The zero-order valence-electron chi connectivity index (χ0n) is 13.4. The number of hydrogen-bond donors (Lipinski definition) is 2. The average molecular weight is 306 g/mol. The second kappa shape index (κ2) is 6.86. The Labute approximate surface area is 131 Å². The number of nitrogens with one attached hydrogen (secondary N) is 1. The number of fused-ring (bicyclic) bond motifs is 1. The third-order valence-electron chi connectivity index (χ3n) is 3.60. The summed E-state index contributed by atoms with van der Waals surface area (Å²) in [7, 11) is 0. The molecule has 0 bridgehead atoms. The van der Waals surface area contributed by atoms with E-state index in [4.69, 9.17) is 0 Å². The average Bonchev–Trinajstić information content (AvgIpc) is 2.77. The highest BCUT2D eigenvalue weighted by Gasteiger charge is 2.21. The van der Waals surface area contributed by atoms with Crippen LogP contribution < -0.4 is 5.32 Å². The van der Waals surface area contributed by atoms with Gasteiger partial charge >= 0.3 is 0 Å². The van der Waals surface area contributed by atoms with Gasteiger partial charge in [-0.15, -0.1) is 11.3 Å². The van der Waals surface area contributed by atoms with Gasteiger partial charge in [0.05, 0.1) is 21.3 Å². The minimum Gasteiger partial charge on any atom is -0.393 e. The summed E-state index contributed by atoms with van der Waals surface area (Å²) in [5.74, 6) is 0. The van der Waals surface area contributed by atoms with Gasteiger partial charge in [-0.3, -0.25) is 0 Å². The molecule has 0 radical (unpaired) electrons. The lowest BCUT2D eigenvalue weighted by Crippen LogP contribution is -2.37. The smallest absolute Gasteiger partial charge is 0.0954 e. The van der Waals surface area contributed by atoms with E-state index in [9.17, 15) is 5.11 Å². The molecule has 0 aliphatic heterocycles. The molecule has 0 aliphatic carbocycles. The van der Waals surface area contributed by atoms with Gasteiger partial charge in [-0.25, -0.2) is 4.98 Å². The quantitative estimate of drug-likeness (QED) is 0.821. The number of benzene rings is 1. The van der Waals surface area contributed by atoms with Crippen LogP contribution >= 0.6 is 11.3 Å². The van der Waals surface area contributed by atoms with Crippen LogP contribution in [0.4, 0.5) is 0 Å². The van der Waals surface area contributed by atoms with Crippen LogP contribution in [0.5, 0.6) is 0 Å². The Kier molecular flexibility index (Phi) is 5.36. The van der Waals surface area contributed by atoms with Crippen molar-refractivity contribution in [3.8, 4) is 0 Å². The van der Waals surface area contributed by atoms with Crippen LogP contribution in [0.2, 0.25) is 0 Å². The Bertz CT molecular complexity index is 544. The predicted octanol–water partition coefficient (Wildman–Crippen LogP) is 3.61. The highest BCUT2D eigenvalue weighted by molar-refractivity contribution is 7.18. The van der Waals surface area contributed by atoms with Crippen molar-refractivity contribution in [1.29, 1.82) is 0 Å². The monoisotopic (exact) mass is 306 g/mol. The molecule has 0 amide bonds. The maximum Gasteiger partial charge on any atom is 0.0954 e. The number of hydrogen-bond acceptors (Lipinski definition) is 4. The Morgan fingerprint density at radius 3 is 2.67 bits per heavy atom. The number of aromatic nitrogens is 1. The van der Waals surface area contributed by atoms with Gasteiger partial charge in [-0.2, -0.15) is 0 Å². The fourth-order valence-electron chi connectivity index (χ4n) is 2.66. The van der Waals surface area contributed by atoms with Crippen LogP contribution in [0.3, 0.4) is 0 Å². The molecule has 0 aliphatic rings. The lowest BCUT2D eigenvalue weighted by atomic mass is 9.86. The maximum absolute atomic E-state index is 9.53. The number of thiazole rings is 1. The first kappa shape index (κ1) is 16.4. The Balaban J connectivity index is 1.88. The van der Waals surface area contributed by atoms with Gasteiger partial charge in [0.1, 0.15) is 0 Å². The van der Waals surface area contributed by atoms with Crippen LogP contribution in [0.25, 0.3) is 10.2 Å². The third-order valence-corrected chi connectivity index (χ3v) is 4.65. The van der Waals surface area contributed by atoms with E-state index in [1.165, 1.54) is 9.71 Å². The van der Waals surface area contributed by atoms with Gasteiger partial charge < -0.3 is 10.4 Å². The van der Waals surface area contributed by atoms with Crippen molar-refractivity contribution in [2.24, 2.45) is 5.41 Å². The fraction of sp³-hybridized carbons (Fsp3) is 0.588. The van der Waals surface area contributed by atoms with E-state index in [1.54, 1.807) is 11.3 Å². The molecule has 2 N–H and O–H groups in total. The molecule has 116 valence electrons. The SMILES string of the molecule is CC(O)CC(C)(C)CNC(C)Cc1nc2ccccc2s1. The van der Waals surface area contributed by atoms with E-state index in [2.05, 4.69) is 49.3 Å². The molecule has 4 heteroatoms. The molecule has 0 fully saturated rings. The second-order valence-electron chi connectivity index (χ2n) is 6.78. The minimum atomic E-state index is -0.249. The fourth-order valence-corrected chi connectivity index (χ4v) is 3.76. The molecular weight excluding hydrogens is 280 g/mol. The number of rotatable bonds is 7. The largest absolute Gasteiger partial charge is 0.393 e. The first-order chi connectivity index (χ1) is 9.85.